The molecule has 0 aromatic carbocycles. The second-order valence-electron chi connectivity index (χ2n) is 4.21. The largest absolute Gasteiger partial charge is 0.481 e. The van der Waals surface area contributed by atoms with Crippen molar-refractivity contribution < 1.29 is 14.7 Å². The molecule has 0 aromatic rings. The Balaban J connectivity index is 2.52. The highest BCUT2D eigenvalue weighted by Crippen LogP contribution is 2.23. The van der Waals surface area contributed by atoms with E-state index in [-0.39, 0.29) is 18.9 Å². The lowest BCUT2D eigenvalue weighted by molar-refractivity contribution is -0.142. The van der Waals surface area contributed by atoms with Crippen LogP contribution in [0.2, 0.25) is 0 Å². The zero-order valence-electron chi connectivity index (χ0n) is 9.75. The quantitative estimate of drug-likeness (QED) is 0.537. The molecule has 0 radical (unpaired) electrons. The SMILES string of the molecule is CCNC(=O)CN(C)C1(CC(=O)O)CNC1. The zero-order valence-corrected chi connectivity index (χ0v) is 9.75. The van der Waals surface area contributed by atoms with Gasteiger partial charge in [-0.3, -0.25) is 14.5 Å². The molecule has 1 amide bonds. The van der Waals surface area contributed by atoms with Crippen molar-refractivity contribution in [2.45, 2.75) is 18.9 Å². The number of likely N-dealkylation sites (N-methyl/N-ethyl adjacent to an activating group) is 2. The Morgan fingerprint density at radius 1 is 1.50 bits per heavy atom. The van der Waals surface area contributed by atoms with E-state index in [0.717, 1.165) is 0 Å². The van der Waals surface area contributed by atoms with Crippen molar-refractivity contribution in [1.29, 1.82) is 0 Å². The van der Waals surface area contributed by atoms with E-state index in [2.05, 4.69) is 10.6 Å². The highest BCUT2D eigenvalue weighted by atomic mass is 16.4. The summed E-state index contributed by atoms with van der Waals surface area (Å²) in [6, 6.07) is 0. The molecule has 0 aromatic heterocycles. The number of carbonyl (C=O) groups is 2. The molecule has 1 rings (SSSR count). The third-order valence-electron chi connectivity index (χ3n) is 2.95. The molecule has 1 saturated heterocycles. The zero-order chi connectivity index (χ0) is 12.2. The van der Waals surface area contributed by atoms with Gasteiger partial charge in [-0.1, -0.05) is 0 Å². The Labute approximate surface area is 95.0 Å². The Bertz CT molecular complexity index is 276. The number of hydrogen-bond acceptors (Lipinski definition) is 4. The Morgan fingerprint density at radius 2 is 2.12 bits per heavy atom. The Kier molecular flexibility index (Phi) is 4.26. The molecule has 6 nitrogen and oxygen atoms in total. The summed E-state index contributed by atoms with van der Waals surface area (Å²) < 4.78 is 0. The molecule has 1 aliphatic heterocycles. The van der Waals surface area contributed by atoms with Gasteiger partial charge in [-0.15, -0.1) is 0 Å². The number of nitrogens with zero attached hydrogens (tertiary/aromatic N) is 1. The molecule has 0 saturated carbocycles. The van der Waals surface area contributed by atoms with Crippen molar-refractivity contribution in [3.63, 3.8) is 0 Å². The van der Waals surface area contributed by atoms with Gasteiger partial charge >= 0.3 is 5.97 Å². The fraction of sp³-hybridized carbons (Fsp3) is 0.800. The van der Waals surface area contributed by atoms with Crippen LogP contribution < -0.4 is 10.6 Å². The molecule has 1 fully saturated rings. The summed E-state index contributed by atoms with van der Waals surface area (Å²) in [5.41, 5.74) is -0.406. The van der Waals surface area contributed by atoms with Crippen LogP contribution in [-0.2, 0) is 9.59 Å². The Morgan fingerprint density at radius 3 is 2.50 bits per heavy atom. The van der Waals surface area contributed by atoms with Crippen molar-refractivity contribution in [3.8, 4) is 0 Å². The number of rotatable bonds is 6. The summed E-state index contributed by atoms with van der Waals surface area (Å²) in [6.07, 6.45) is 0.0654. The van der Waals surface area contributed by atoms with Gasteiger partial charge in [0.25, 0.3) is 0 Å². The van der Waals surface area contributed by atoms with E-state index in [0.29, 0.717) is 19.6 Å². The van der Waals surface area contributed by atoms with Crippen LogP contribution in [0.4, 0.5) is 0 Å². The van der Waals surface area contributed by atoms with E-state index < -0.39 is 11.5 Å². The lowest BCUT2D eigenvalue weighted by atomic mass is 9.87. The molecule has 0 atom stereocenters. The van der Waals surface area contributed by atoms with Gasteiger partial charge in [-0.05, 0) is 14.0 Å². The molecule has 3 N–H and O–H groups in total. The van der Waals surface area contributed by atoms with E-state index >= 15 is 0 Å². The number of hydrogen-bond donors (Lipinski definition) is 3. The van der Waals surface area contributed by atoms with Crippen molar-refractivity contribution in [2.75, 3.05) is 33.2 Å². The number of carboxylic acid groups (broad SMARTS) is 1. The molecule has 16 heavy (non-hydrogen) atoms. The second kappa shape index (κ2) is 5.27. The minimum absolute atomic E-state index is 0.0654. The van der Waals surface area contributed by atoms with Crippen LogP contribution in [0.3, 0.4) is 0 Å². The first-order valence-corrected chi connectivity index (χ1v) is 5.40. The van der Waals surface area contributed by atoms with Gasteiger partial charge < -0.3 is 15.7 Å². The van der Waals surface area contributed by atoms with Crippen molar-refractivity contribution in [2.24, 2.45) is 0 Å². The summed E-state index contributed by atoms with van der Waals surface area (Å²) in [7, 11) is 1.79. The van der Waals surface area contributed by atoms with Crippen molar-refractivity contribution >= 4 is 11.9 Å². The summed E-state index contributed by atoms with van der Waals surface area (Å²) in [5, 5.41) is 14.6. The van der Waals surface area contributed by atoms with Gasteiger partial charge in [-0.25, -0.2) is 0 Å². The molecule has 0 bridgehead atoms. The smallest absolute Gasteiger partial charge is 0.305 e. The van der Waals surface area contributed by atoms with E-state index in [9.17, 15) is 9.59 Å². The minimum Gasteiger partial charge on any atom is -0.481 e. The van der Waals surface area contributed by atoms with E-state index in [1.807, 2.05) is 11.8 Å². The first-order valence-electron chi connectivity index (χ1n) is 5.40. The second-order valence-corrected chi connectivity index (χ2v) is 4.21. The summed E-state index contributed by atoms with van der Waals surface area (Å²) in [4.78, 5) is 24.0. The number of amides is 1. The highest BCUT2D eigenvalue weighted by Gasteiger charge is 2.43. The van der Waals surface area contributed by atoms with Gasteiger partial charge in [0, 0.05) is 19.6 Å². The summed E-state index contributed by atoms with van der Waals surface area (Å²) in [5.74, 6) is -0.897. The summed E-state index contributed by atoms with van der Waals surface area (Å²) >= 11 is 0. The molecule has 1 aliphatic rings. The third-order valence-corrected chi connectivity index (χ3v) is 2.95. The number of aliphatic carboxylic acids is 1. The molecular weight excluding hydrogens is 210 g/mol. The lowest BCUT2D eigenvalue weighted by Gasteiger charge is -2.48. The molecule has 0 aliphatic carbocycles. The first kappa shape index (κ1) is 12.9. The Hall–Kier alpha value is -1.14. The molecule has 0 spiro atoms. The standard InChI is InChI=1S/C10H19N3O3/c1-3-12-8(14)5-13(2)10(4-9(15)16)6-11-7-10/h11H,3-7H2,1-2H3,(H,12,14)(H,15,16). The fourth-order valence-corrected chi connectivity index (χ4v) is 1.86. The number of carbonyl (C=O) groups excluding carboxylic acids is 1. The summed E-state index contributed by atoms with van der Waals surface area (Å²) in [6.45, 7) is 3.93. The van der Waals surface area contributed by atoms with E-state index in [1.54, 1.807) is 7.05 Å². The third kappa shape index (κ3) is 2.93. The van der Waals surface area contributed by atoms with Gasteiger partial charge in [-0.2, -0.15) is 0 Å². The van der Waals surface area contributed by atoms with Crippen LogP contribution in [0.1, 0.15) is 13.3 Å². The molecule has 6 heteroatoms. The monoisotopic (exact) mass is 229 g/mol. The highest BCUT2D eigenvalue weighted by molar-refractivity contribution is 5.78. The normalized spacial score (nSPS) is 17.9. The fourth-order valence-electron chi connectivity index (χ4n) is 1.86. The van der Waals surface area contributed by atoms with Crippen LogP contribution in [0.15, 0.2) is 0 Å². The van der Waals surface area contributed by atoms with Crippen LogP contribution >= 0.6 is 0 Å². The van der Waals surface area contributed by atoms with Crippen LogP contribution in [-0.4, -0.2) is 60.6 Å². The predicted molar refractivity (Wildman–Crippen MR) is 59.2 cm³/mol. The molecule has 92 valence electrons. The molecular formula is C10H19N3O3. The van der Waals surface area contributed by atoms with Gasteiger partial charge in [0.2, 0.25) is 5.91 Å². The van der Waals surface area contributed by atoms with Gasteiger partial charge in [0.05, 0.1) is 18.5 Å². The molecule has 1 heterocycles. The minimum atomic E-state index is -0.829. The van der Waals surface area contributed by atoms with E-state index in [4.69, 9.17) is 5.11 Å². The molecule has 0 unspecified atom stereocenters. The van der Waals surface area contributed by atoms with E-state index in [1.165, 1.54) is 0 Å². The maximum absolute atomic E-state index is 11.4. The first-order chi connectivity index (χ1) is 7.50. The maximum atomic E-state index is 11.4. The topological polar surface area (TPSA) is 81.7 Å². The van der Waals surface area contributed by atoms with Crippen LogP contribution in [0.25, 0.3) is 0 Å². The number of nitrogens with one attached hydrogen (secondary N) is 2. The van der Waals surface area contributed by atoms with Gasteiger partial charge in [0.15, 0.2) is 0 Å². The maximum Gasteiger partial charge on any atom is 0.305 e. The van der Waals surface area contributed by atoms with Crippen LogP contribution in [0, 0.1) is 0 Å². The average molecular weight is 229 g/mol. The van der Waals surface area contributed by atoms with Gasteiger partial charge in [0.1, 0.15) is 0 Å². The average Bonchev–Trinajstić information content (AvgIpc) is 2.11. The predicted octanol–water partition coefficient (Wildman–Crippen LogP) is -1.13. The number of carboxylic acids is 1. The van der Waals surface area contributed by atoms with Crippen molar-refractivity contribution in [3.05, 3.63) is 0 Å². The van der Waals surface area contributed by atoms with Crippen LogP contribution in [0.5, 0.6) is 0 Å². The van der Waals surface area contributed by atoms with Crippen molar-refractivity contribution in [1.82, 2.24) is 15.5 Å². The lowest BCUT2D eigenvalue weighted by Crippen LogP contribution is -2.69.